The van der Waals surface area contributed by atoms with Gasteiger partial charge in [0.05, 0.1) is 12.2 Å². The maximum absolute atomic E-state index is 13.9. The fraction of sp³-hybridized carbons (Fsp3) is 0.421. The average Bonchev–Trinajstić information content (AvgIpc) is 3.16. The van der Waals surface area contributed by atoms with Crippen molar-refractivity contribution in [3.8, 4) is 0 Å². The Bertz CT molecular complexity index is 1240. The van der Waals surface area contributed by atoms with E-state index in [1.54, 1.807) is 0 Å². The summed E-state index contributed by atoms with van der Waals surface area (Å²) in [5.41, 5.74) is 4.21. The number of alkyl halides is 3. The summed E-state index contributed by atoms with van der Waals surface area (Å²) in [4.78, 5) is 38.6. The van der Waals surface area contributed by atoms with Gasteiger partial charge in [0.15, 0.2) is 17.3 Å². The number of carbonyl (C=O) groups is 2. The van der Waals surface area contributed by atoms with E-state index in [1.807, 2.05) is 0 Å². The van der Waals surface area contributed by atoms with Gasteiger partial charge in [0.25, 0.3) is 0 Å². The van der Waals surface area contributed by atoms with E-state index in [-0.39, 0.29) is 18.5 Å². The Balaban J connectivity index is 1.80. The van der Waals surface area contributed by atoms with Gasteiger partial charge in [0.1, 0.15) is 5.82 Å². The van der Waals surface area contributed by atoms with E-state index >= 15 is 0 Å². The van der Waals surface area contributed by atoms with Crippen molar-refractivity contribution in [2.24, 2.45) is 5.73 Å². The van der Waals surface area contributed by atoms with Crippen LogP contribution in [0, 0.1) is 17.5 Å². The first-order valence-corrected chi connectivity index (χ1v) is 11.6. The minimum absolute atomic E-state index is 0.247. The van der Waals surface area contributed by atoms with Crippen LogP contribution >= 0.6 is 7.82 Å². The predicted molar refractivity (Wildman–Crippen MR) is 108 cm³/mol. The summed E-state index contributed by atoms with van der Waals surface area (Å²) in [5, 5.41) is 0. The zero-order chi connectivity index (χ0) is 27.0. The van der Waals surface area contributed by atoms with Crippen LogP contribution in [-0.4, -0.2) is 50.9 Å². The number of nitrogens with zero attached hydrogens (tertiary/aromatic N) is 3. The molecule has 198 valence electrons. The number of rotatable bonds is 7. The first kappa shape index (κ1) is 27.6. The van der Waals surface area contributed by atoms with Crippen molar-refractivity contribution in [1.82, 2.24) is 14.5 Å². The quantitative estimate of drug-likeness (QED) is 0.308. The number of benzene rings is 1. The molecule has 10 nitrogen and oxygen atoms in total. The average molecular weight is 544 g/mol. The van der Waals surface area contributed by atoms with E-state index in [0.29, 0.717) is 16.7 Å². The molecule has 0 bridgehead atoms. The first-order chi connectivity index (χ1) is 16.6. The normalized spacial score (nSPS) is 16.3. The molecule has 1 aromatic heterocycles. The Hall–Kier alpha value is -2.94. The first-order valence-electron chi connectivity index (χ1n) is 10.1. The number of halogens is 6. The van der Waals surface area contributed by atoms with Crippen LogP contribution in [0.2, 0.25) is 0 Å². The monoisotopic (exact) mass is 544 g/mol. The number of phosphoric acid groups is 1. The molecule has 1 amide bonds. The molecule has 36 heavy (non-hydrogen) atoms. The van der Waals surface area contributed by atoms with Gasteiger partial charge < -0.3 is 19.7 Å². The third-order valence-electron chi connectivity index (χ3n) is 5.24. The van der Waals surface area contributed by atoms with Crippen LogP contribution in [0.1, 0.15) is 34.0 Å². The number of fused-ring (bicyclic) bond motifs is 1. The maximum Gasteiger partial charge on any atom is 0.529 e. The number of hydrogen-bond acceptors (Lipinski definition) is 7. The van der Waals surface area contributed by atoms with E-state index in [2.05, 4.69) is 14.0 Å². The molecule has 17 heteroatoms. The SMILES string of the molecule is COP(=O)(O)OC(=O)c1nc(C(F)(F)F)n2c1CN(C(=O)CC(N)Cc1cc(F)c(F)cc1F)CC2. The highest BCUT2D eigenvalue weighted by atomic mass is 31.2. The molecule has 1 aliphatic heterocycles. The molecule has 2 heterocycles. The summed E-state index contributed by atoms with van der Waals surface area (Å²) in [6.45, 7) is -1.26. The van der Waals surface area contributed by atoms with Crippen LogP contribution in [0.5, 0.6) is 0 Å². The maximum atomic E-state index is 13.9. The molecule has 0 spiro atoms. The van der Waals surface area contributed by atoms with Crippen molar-refractivity contribution in [2.45, 2.75) is 38.1 Å². The topological polar surface area (TPSA) is 137 Å². The summed E-state index contributed by atoms with van der Waals surface area (Å²) in [6, 6.07) is -0.135. The second kappa shape index (κ2) is 10.2. The van der Waals surface area contributed by atoms with Gasteiger partial charge in [0, 0.05) is 38.7 Å². The summed E-state index contributed by atoms with van der Waals surface area (Å²) < 4.78 is 101. The number of imidazole rings is 1. The third kappa shape index (κ3) is 6.06. The number of hydrogen-bond donors (Lipinski definition) is 2. The minimum atomic E-state index is -5.00. The lowest BCUT2D eigenvalue weighted by molar-refractivity contribution is -0.148. The van der Waals surface area contributed by atoms with Crippen LogP contribution in [0.15, 0.2) is 12.1 Å². The van der Waals surface area contributed by atoms with Crippen LogP contribution in [0.4, 0.5) is 26.3 Å². The molecule has 1 aliphatic rings. The van der Waals surface area contributed by atoms with E-state index in [9.17, 15) is 45.4 Å². The predicted octanol–water partition coefficient (Wildman–Crippen LogP) is 2.53. The second-order valence-electron chi connectivity index (χ2n) is 7.75. The molecular weight excluding hydrogens is 525 g/mol. The number of nitrogens with two attached hydrogens (primary N) is 1. The van der Waals surface area contributed by atoms with Crippen molar-refractivity contribution in [3.63, 3.8) is 0 Å². The van der Waals surface area contributed by atoms with Crippen molar-refractivity contribution in [3.05, 3.63) is 52.4 Å². The lowest BCUT2D eigenvalue weighted by Crippen LogP contribution is -2.42. The standard InChI is InChI=1S/C19H19F6N4O6P/c1-34-36(32,33)35-17(31)16-14-8-28(2-3-29(14)18(27-16)19(23,24)25)15(30)6-10(26)4-9-5-12(21)13(22)7-11(9)20/h5,7,10H,2-4,6,8,26H2,1H3,(H,32,33). The third-order valence-corrected chi connectivity index (χ3v) is 6.10. The fourth-order valence-corrected chi connectivity index (χ4v) is 3.94. The van der Waals surface area contributed by atoms with Gasteiger partial charge in [-0.05, 0) is 18.1 Å². The largest absolute Gasteiger partial charge is 0.529 e. The summed E-state index contributed by atoms with van der Waals surface area (Å²) in [5.74, 6) is -7.64. The van der Waals surface area contributed by atoms with Gasteiger partial charge in [-0.3, -0.25) is 14.2 Å². The molecule has 2 atom stereocenters. The van der Waals surface area contributed by atoms with Gasteiger partial charge in [-0.1, -0.05) is 0 Å². The fourth-order valence-electron chi connectivity index (χ4n) is 3.57. The Morgan fingerprint density at radius 2 is 1.83 bits per heavy atom. The lowest BCUT2D eigenvalue weighted by Gasteiger charge is -2.30. The molecular formula is C19H19F6N4O6P. The highest BCUT2D eigenvalue weighted by Crippen LogP contribution is 2.43. The van der Waals surface area contributed by atoms with Crippen LogP contribution in [0.3, 0.4) is 0 Å². The van der Waals surface area contributed by atoms with Crippen LogP contribution < -0.4 is 5.73 Å². The molecule has 0 aliphatic carbocycles. The molecule has 1 aromatic carbocycles. The highest BCUT2D eigenvalue weighted by molar-refractivity contribution is 7.48. The zero-order valence-corrected chi connectivity index (χ0v) is 19.3. The van der Waals surface area contributed by atoms with E-state index < -0.39 is 86.1 Å². The summed E-state index contributed by atoms with van der Waals surface area (Å²) in [6.07, 6.45) is -5.80. The van der Waals surface area contributed by atoms with Gasteiger partial charge >= 0.3 is 20.0 Å². The minimum Gasteiger partial charge on any atom is -0.366 e. The second-order valence-corrected chi connectivity index (χ2v) is 9.24. The molecule has 2 unspecified atom stereocenters. The van der Waals surface area contributed by atoms with Crippen molar-refractivity contribution >= 4 is 19.7 Å². The molecule has 0 saturated heterocycles. The lowest BCUT2D eigenvalue weighted by atomic mass is 10.0. The zero-order valence-electron chi connectivity index (χ0n) is 18.4. The highest BCUT2D eigenvalue weighted by Gasteiger charge is 2.43. The Morgan fingerprint density at radius 3 is 2.44 bits per heavy atom. The van der Waals surface area contributed by atoms with E-state index in [1.165, 1.54) is 0 Å². The van der Waals surface area contributed by atoms with Gasteiger partial charge in [0.2, 0.25) is 11.7 Å². The molecule has 3 N–H and O–H groups in total. The molecule has 2 aromatic rings. The van der Waals surface area contributed by atoms with Gasteiger partial charge in [-0.15, -0.1) is 0 Å². The summed E-state index contributed by atoms with van der Waals surface area (Å²) in [7, 11) is -4.19. The van der Waals surface area contributed by atoms with Gasteiger partial charge in [-0.25, -0.2) is 27.5 Å². The van der Waals surface area contributed by atoms with Crippen LogP contribution in [0.25, 0.3) is 0 Å². The molecule has 0 fully saturated rings. The Labute approximate surface area is 199 Å². The molecule has 0 saturated carbocycles. The molecule has 0 radical (unpaired) electrons. The smallest absolute Gasteiger partial charge is 0.366 e. The van der Waals surface area contributed by atoms with Crippen molar-refractivity contribution in [1.29, 1.82) is 0 Å². The van der Waals surface area contributed by atoms with E-state index in [4.69, 9.17) is 5.73 Å². The Morgan fingerprint density at radius 1 is 1.19 bits per heavy atom. The van der Waals surface area contributed by atoms with E-state index in [0.717, 1.165) is 12.0 Å². The van der Waals surface area contributed by atoms with Crippen LogP contribution in [-0.2, 0) is 44.1 Å². The number of amides is 1. The van der Waals surface area contributed by atoms with Crippen molar-refractivity contribution < 1.29 is 54.4 Å². The number of aromatic nitrogens is 2. The Kier molecular flexibility index (Phi) is 7.83. The summed E-state index contributed by atoms with van der Waals surface area (Å²) >= 11 is 0. The molecule has 3 rings (SSSR count). The number of carbonyl (C=O) groups excluding carboxylic acids is 2. The van der Waals surface area contributed by atoms with Gasteiger partial charge in [-0.2, -0.15) is 13.2 Å². The number of phosphoric ester groups is 1. The van der Waals surface area contributed by atoms with Crippen molar-refractivity contribution in [2.75, 3.05) is 13.7 Å².